The molecule has 0 aliphatic carbocycles. The number of hydrogen-bond acceptors (Lipinski definition) is 48. The van der Waals surface area contributed by atoms with Crippen molar-refractivity contribution in [2.24, 2.45) is 0 Å². The number of aliphatic hydroxyl groups is 16. The summed E-state index contributed by atoms with van der Waals surface area (Å²) in [4.78, 5) is 94.4. The monoisotopic (exact) mass is 2020 g/mol. The van der Waals surface area contributed by atoms with Crippen LogP contribution in [0.4, 0.5) is 0 Å². The second kappa shape index (κ2) is 52.7. The molecule has 16 bridgehead atoms. The number of aliphatic hydroxyl groups excluding tert-OH is 16. The van der Waals surface area contributed by atoms with Gasteiger partial charge in [0.05, 0.1) is 99.8 Å². The SMILES string of the molecule is O=C(O)CCSC[C@H]1O[C@@H]2O[C@H]3[C@H](O)[C@@H](O)[C@@H](O[C@H]4[C@H](O)[C@@H](O)[C@@H](O[C@H]5[C@H](O)[C@@H](O)[C@@H](O[C@H]6[C@H](O)[C@@H](O)[C@@H](O[C@H]7[C@H](O)[C@@H](O)[C@@H](O[C@H]8[C@H](O)[C@@H](O)[C@@H](O[C@H]9[C@H](O)[C@@H](O)[C@@H](O[C@H]1[C@H](O)[C@H]2O)O[C@@H]9CSCCC(=O)O)O[C@@H]8CSCCC(=O)O)O[C@@H]7CSCCC(=O)O)O[C@@H]6C[S@@](=O)CCC(=O)O)O[C@@H]5CSCCC(=O)O)O[C@@H]4CSCCC(=O)O)O[C@@H]3CSCCC(=O)O. The third-order valence-electron chi connectivity index (χ3n) is 21.5. The number of ether oxygens (including phenoxy) is 16. The molecular weight excluding hydrogens is 1910 g/mol. The van der Waals surface area contributed by atoms with E-state index in [9.17, 15) is 165 Å². The molecule has 0 radical (unpaired) electrons. The summed E-state index contributed by atoms with van der Waals surface area (Å²) in [5, 5.41) is 272. The van der Waals surface area contributed by atoms with Gasteiger partial charge in [-0.2, -0.15) is 82.3 Å². The quantitative estimate of drug-likeness (QED) is 0.0253. The van der Waals surface area contributed by atoms with Gasteiger partial charge >= 0.3 is 47.8 Å². The van der Waals surface area contributed by atoms with E-state index in [1.165, 1.54) is 0 Å². The fourth-order valence-corrected chi connectivity index (χ4v) is 22.9. The van der Waals surface area contributed by atoms with E-state index < -0.39 is 402 Å². The Hall–Kier alpha value is -2.92. The van der Waals surface area contributed by atoms with E-state index in [0.29, 0.717) is 0 Å². The Morgan fingerprint density at radius 1 is 0.194 bits per heavy atom. The molecule has 41 atom stereocenters. The van der Waals surface area contributed by atoms with Crippen molar-refractivity contribution in [3.63, 3.8) is 0 Å². The van der Waals surface area contributed by atoms with Crippen LogP contribution in [0.3, 0.4) is 0 Å². The van der Waals surface area contributed by atoms with E-state index in [0.717, 1.165) is 82.3 Å². The molecule has 0 aromatic carbocycles. The van der Waals surface area contributed by atoms with E-state index >= 15 is 0 Å². The van der Waals surface area contributed by atoms with Gasteiger partial charge in [-0.25, -0.2) is 0 Å². The lowest BCUT2D eigenvalue weighted by Gasteiger charge is -2.51. The molecule has 30 heterocycles. The van der Waals surface area contributed by atoms with Crippen molar-refractivity contribution in [2.75, 3.05) is 92.0 Å². The van der Waals surface area contributed by atoms with Gasteiger partial charge in [-0.15, -0.1) is 0 Å². The Morgan fingerprint density at radius 3 is 0.465 bits per heavy atom. The van der Waals surface area contributed by atoms with E-state index in [1.807, 2.05) is 0 Å². The van der Waals surface area contributed by atoms with Gasteiger partial charge in [0.25, 0.3) is 0 Å². The van der Waals surface area contributed by atoms with Gasteiger partial charge in [0.2, 0.25) is 0 Å². The van der Waals surface area contributed by atoms with Crippen molar-refractivity contribution < 1.29 is 241 Å². The maximum absolute atomic E-state index is 13.9. The van der Waals surface area contributed by atoms with Gasteiger partial charge in [-0.05, 0) is 0 Å². The van der Waals surface area contributed by atoms with Gasteiger partial charge in [-0.1, -0.05) is 0 Å². The van der Waals surface area contributed by atoms with Crippen LogP contribution in [0.15, 0.2) is 0 Å². The van der Waals surface area contributed by atoms with Crippen molar-refractivity contribution in [1.82, 2.24) is 0 Å². The molecule has 49 nitrogen and oxygen atoms in total. The summed E-state index contributed by atoms with van der Waals surface area (Å²) in [6, 6.07) is 0. The standard InChI is InChI=1S/C72H112O49S8/c73-33(74)1-9-122-17-25-57-41(89)49(97)65(106-25)115-58-26(18-123-10-2-34(75)76)108-67(51(99)43(58)91)117-60-28(20-125-12-4-36(79)80)110-69(53(101)45(60)93)119-62-30(22-127-14-6-38(83)84)112-71(55(103)47(62)95)121-64-32(24-129(105)16-8-40(87)88)113-72(56(104)48(64)96)120-63-31(23-128-15-7-39(85)86)111-70(54(102)46(63)94)118-61-29(21-126-13-5-37(81)82)109-68(52(100)44(61)92)116-59-27(19-124-11-3-35(77)78)107-66(114-57)50(98)42(59)90/h25-32,41-72,89-104H,1-24H2,(H,73,74)(H,75,76)(H,77,78)(H,79,80)(H,81,82)(H,83,84)(H,85,86)(H,87,88)/t25-,26-,27-,28-,29-,30-,31-,32-,41-,42-,43-,44-,45-,46-,47-,48-,49-,50-,51-,52-,53-,54-,55-,56-,57-,58-,59-,60-,61-,62-,63-,64-,65-,66-,67-,68-,69-,70-,71-,72-,129+/m1/s1. The predicted molar refractivity (Wildman–Crippen MR) is 442 cm³/mol. The first kappa shape index (κ1) is 110. The van der Waals surface area contributed by atoms with Crippen LogP contribution in [-0.4, -0.2) is 512 Å². The van der Waals surface area contributed by atoms with Crippen molar-refractivity contribution in [3.8, 4) is 0 Å². The number of carboxylic acid groups (broad SMARTS) is 8. The lowest BCUT2D eigenvalue weighted by molar-refractivity contribution is -0.396. The molecule has 0 saturated carbocycles. The number of carboxylic acids is 8. The molecular formula is C72H112O49S8. The molecule has 129 heavy (non-hydrogen) atoms. The van der Waals surface area contributed by atoms with Crippen LogP contribution in [0, 0.1) is 0 Å². The van der Waals surface area contributed by atoms with Crippen LogP contribution in [0.25, 0.3) is 0 Å². The maximum Gasteiger partial charge on any atom is 0.304 e. The molecule has 0 spiro atoms. The minimum atomic E-state index is -2.42. The minimum Gasteiger partial charge on any atom is -0.481 e. The molecule has 742 valence electrons. The van der Waals surface area contributed by atoms with E-state index in [1.54, 1.807) is 0 Å². The summed E-state index contributed by atoms with van der Waals surface area (Å²) < 4.78 is 114. The first-order chi connectivity index (χ1) is 61.1. The summed E-state index contributed by atoms with van der Waals surface area (Å²) in [6.07, 6.45) is -88.2. The highest BCUT2D eigenvalue weighted by molar-refractivity contribution is 8.00. The molecule has 0 aromatic rings. The van der Waals surface area contributed by atoms with Gasteiger partial charge in [0.1, 0.15) is 153 Å². The minimum absolute atomic E-state index is 0.166. The highest BCUT2D eigenvalue weighted by Crippen LogP contribution is 2.43. The first-order valence-corrected chi connectivity index (χ1v) is 50.2. The zero-order valence-electron chi connectivity index (χ0n) is 68.3. The molecule has 30 rings (SSSR count). The Kier molecular flexibility index (Phi) is 44.9. The average Bonchev–Trinajstić information content (AvgIpc) is 0.769. The van der Waals surface area contributed by atoms with Crippen LogP contribution >= 0.6 is 82.3 Å². The van der Waals surface area contributed by atoms with Gasteiger partial charge in [0, 0.05) is 97.1 Å². The molecule has 24 N–H and O–H groups in total. The Bertz CT molecular complexity index is 3450. The molecule has 57 heteroatoms. The summed E-state index contributed by atoms with van der Waals surface area (Å²) in [7, 11) is -2.31. The fraction of sp³-hybridized carbons (Fsp3) is 0.889. The Balaban J connectivity index is 1.12. The lowest BCUT2D eigenvalue weighted by atomic mass is 9.95. The van der Waals surface area contributed by atoms with Crippen LogP contribution in [0.2, 0.25) is 0 Å². The summed E-state index contributed by atoms with van der Waals surface area (Å²) in [6.45, 7) is 0. The lowest BCUT2D eigenvalue weighted by Crippen LogP contribution is -2.69. The molecule has 0 unspecified atom stereocenters. The topological polar surface area (TPSA) is 787 Å². The molecule has 30 aliphatic rings. The third kappa shape index (κ3) is 31.0. The first-order valence-electron chi connectivity index (χ1n) is 40.6. The summed E-state index contributed by atoms with van der Waals surface area (Å²) in [5.41, 5.74) is 0. The van der Waals surface area contributed by atoms with Crippen LogP contribution < -0.4 is 0 Å². The second-order valence-corrected chi connectivity index (χ2v) is 40.7. The van der Waals surface area contributed by atoms with E-state index in [2.05, 4.69) is 0 Å². The van der Waals surface area contributed by atoms with Crippen molar-refractivity contribution in [2.45, 2.75) is 297 Å². The number of rotatable bonds is 40. The third-order valence-corrected chi connectivity index (χ3v) is 30.3. The zero-order valence-corrected chi connectivity index (χ0v) is 74.8. The normalized spacial score (nSPS) is 41.5. The van der Waals surface area contributed by atoms with Crippen LogP contribution in [0.5, 0.6) is 0 Å². The molecule has 30 fully saturated rings. The zero-order chi connectivity index (χ0) is 94.5. The largest absolute Gasteiger partial charge is 0.481 e. The van der Waals surface area contributed by atoms with Crippen LogP contribution in [-0.2, 0) is 125 Å². The van der Waals surface area contributed by atoms with Crippen molar-refractivity contribution >= 4 is 141 Å². The number of carbonyl (C=O) groups is 8. The maximum atomic E-state index is 13.9. The van der Waals surface area contributed by atoms with Crippen molar-refractivity contribution in [3.05, 3.63) is 0 Å². The van der Waals surface area contributed by atoms with Crippen molar-refractivity contribution in [1.29, 1.82) is 0 Å². The highest BCUT2D eigenvalue weighted by atomic mass is 32.2. The van der Waals surface area contributed by atoms with Crippen LogP contribution in [0.1, 0.15) is 51.4 Å². The highest BCUT2D eigenvalue weighted by Gasteiger charge is 2.61. The predicted octanol–water partition coefficient (Wildman–Crippen LogP) is -8.67. The summed E-state index contributed by atoms with van der Waals surface area (Å²) in [5.74, 6) is -15.9. The Labute approximate surface area is 766 Å². The molecule has 30 saturated heterocycles. The smallest absolute Gasteiger partial charge is 0.304 e. The Morgan fingerprint density at radius 2 is 0.326 bits per heavy atom. The van der Waals surface area contributed by atoms with Gasteiger partial charge in [-0.3, -0.25) is 42.6 Å². The molecule has 0 aromatic heterocycles. The number of aliphatic carboxylic acids is 8. The number of hydrogen-bond donors (Lipinski definition) is 24. The summed E-state index contributed by atoms with van der Waals surface area (Å²) >= 11 is 6.02. The average molecular weight is 2020 g/mol. The molecule has 30 aliphatic heterocycles. The van der Waals surface area contributed by atoms with E-state index in [-0.39, 0.29) is 46.0 Å². The number of thioether (sulfide) groups is 7. The van der Waals surface area contributed by atoms with Gasteiger partial charge in [0.15, 0.2) is 50.3 Å². The van der Waals surface area contributed by atoms with Gasteiger partial charge < -0.3 is 198 Å². The fourth-order valence-electron chi connectivity index (χ4n) is 14.8. The second-order valence-electron chi connectivity index (χ2n) is 31.0. The van der Waals surface area contributed by atoms with E-state index in [4.69, 9.17) is 75.8 Å². The molecule has 0 amide bonds.